The van der Waals surface area contributed by atoms with E-state index in [9.17, 15) is 0 Å². The summed E-state index contributed by atoms with van der Waals surface area (Å²) in [5.41, 5.74) is 0. The first-order chi connectivity index (χ1) is 6.90. The quantitative estimate of drug-likeness (QED) is 0.653. The third-order valence-electron chi connectivity index (χ3n) is 3.19. The Morgan fingerprint density at radius 3 is 2.79 bits per heavy atom. The lowest BCUT2D eigenvalue weighted by atomic mass is 9.95. The van der Waals surface area contributed by atoms with Crippen LogP contribution < -0.4 is 4.57 Å². The van der Waals surface area contributed by atoms with E-state index in [1.165, 1.54) is 38.5 Å². The van der Waals surface area contributed by atoms with Gasteiger partial charge in [-0.1, -0.05) is 13.3 Å². The fourth-order valence-electron chi connectivity index (χ4n) is 2.40. The van der Waals surface area contributed by atoms with E-state index in [4.69, 9.17) is 0 Å². The highest BCUT2D eigenvalue weighted by molar-refractivity contribution is 4.77. The second-order valence-corrected chi connectivity index (χ2v) is 4.39. The second-order valence-electron chi connectivity index (χ2n) is 4.39. The zero-order valence-electron chi connectivity index (χ0n) is 9.15. The fraction of sp³-hybridized carbons (Fsp3) is 0.750. The van der Waals surface area contributed by atoms with Crippen LogP contribution in [0.25, 0.3) is 0 Å². The van der Waals surface area contributed by atoms with Gasteiger partial charge >= 0.3 is 0 Å². The molecule has 0 radical (unpaired) electrons. The summed E-state index contributed by atoms with van der Waals surface area (Å²) in [6, 6.07) is 0.779. The van der Waals surface area contributed by atoms with E-state index < -0.39 is 0 Å². The van der Waals surface area contributed by atoms with Crippen LogP contribution in [0.2, 0.25) is 0 Å². The zero-order chi connectivity index (χ0) is 9.80. The molecule has 0 unspecified atom stereocenters. The molecule has 0 N–H and O–H groups in total. The van der Waals surface area contributed by atoms with Crippen molar-refractivity contribution >= 4 is 0 Å². The highest BCUT2D eigenvalue weighted by atomic mass is 15.1. The molecule has 1 saturated carbocycles. The molecular formula is C12H21N2+. The Bertz CT molecular complexity index is 272. The van der Waals surface area contributed by atoms with Crippen LogP contribution in [0.3, 0.4) is 0 Å². The summed E-state index contributed by atoms with van der Waals surface area (Å²) in [5.74, 6) is 0. The van der Waals surface area contributed by atoms with Crippen LogP contribution in [-0.4, -0.2) is 4.57 Å². The van der Waals surface area contributed by atoms with Crippen molar-refractivity contribution in [1.82, 2.24) is 4.57 Å². The van der Waals surface area contributed by atoms with Gasteiger partial charge in [-0.05, 0) is 32.1 Å². The molecule has 0 bridgehead atoms. The first kappa shape index (κ1) is 9.75. The predicted molar refractivity (Wildman–Crippen MR) is 57.0 cm³/mol. The van der Waals surface area contributed by atoms with Crippen LogP contribution in [0.4, 0.5) is 0 Å². The monoisotopic (exact) mass is 193 g/mol. The number of aromatic nitrogens is 2. The Labute approximate surface area is 86.6 Å². The molecule has 2 rings (SSSR count). The minimum absolute atomic E-state index is 0.779. The van der Waals surface area contributed by atoms with Gasteiger partial charge in [0.25, 0.3) is 0 Å². The van der Waals surface area contributed by atoms with Crippen molar-refractivity contribution in [1.29, 1.82) is 0 Å². The highest BCUT2D eigenvalue weighted by Crippen LogP contribution is 2.27. The zero-order valence-corrected chi connectivity index (χ0v) is 9.15. The van der Waals surface area contributed by atoms with Gasteiger partial charge in [-0.2, -0.15) is 0 Å². The molecule has 1 aliphatic rings. The van der Waals surface area contributed by atoms with E-state index in [2.05, 4.69) is 34.8 Å². The normalized spacial score (nSPS) is 18.6. The average Bonchev–Trinajstić information content (AvgIpc) is 2.68. The molecule has 1 fully saturated rings. The third-order valence-corrected chi connectivity index (χ3v) is 3.19. The summed E-state index contributed by atoms with van der Waals surface area (Å²) < 4.78 is 4.71. The molecule has 2 heteroatoms. The van der Waals surface area contributed by atoms with Crippen LogP contribution in [0.15, 0.2) is 18.7 Å². The molecule has 2 nitrogen and oxygen atoms in total. The van der Waals surface area contributed by atoms with Crippen molar-refractivity contribution in [2.75, 3.05) is 0 Å². The van der Waals surface area contributed by atoms with Gasteiger partial charge in [-0.3, -0.25) is 0 Å². The van der Waals surface area contributed by atoms with Crippen molar-refractivity contribution in [2.45, 2.75) is 58.0 Å². The van der Waals surface area contributed by atoms with Crippen molar-refractivity contribution in [2.24, 2.45) is 0 Å². The Morgan fingerprint density at radius 1 is 1.29 bits per heavy atom. The molecule has 0 aromatic carbocycles. The van der Waals surface area contributed by atoms with E-state index in [1.54, 1.807) is 0 Å². The number of imidazole rings is 1. The lowest BCUT2D eigenvalue weighted by Crippen LogP contribution is -2.30. The van der Waals surface area contributed by atoms with Gasteiger partial charge in [0.1, 0.15) is 18.4 Å². The molecule has 1 aliphatic carbocycles. The summed E-state index contributed by atoms with van der Waals surface area (Å²) in [4.78, 5) is 0. The largest absolute Gasteiger partial charge is 0.243 e. The minimum atomic E-state index is 0.779. The second kappa shape index (κ2) is 4.63. The predicted octanol–water partition coefficient (Wildman–Crippen LogP) is 2.69. The van der Waals surface area contributed by atoms with Crippen molar-refractivity contribution < 1.29 is 4.57 Å². The van der Waals surface area contributed by atoms with Crippen LogP contribution in [0, 0.1) is 0 Å². The standard InChI is InChI=1S/C12H21N2/c1-2-8-13-9-10-14(11-13)12-6-4-3-5-7-12/h9-12H,2-8H2,1H3/q+1. The van der Waals surface area contributed by atoms with Gasteiger partial charge in [0.2, 0.25) is 6.33 Å². The van der Waals surface area contributed by atoms with E-state index in [0.29, 0.717) is 0 Å². The Balaban J connectivity index is 2.00. The van der Waals surface area contributed by atoms with Gasteiger partial charge < -0.3 is 0 Å². The molecule has 0 spiro atoms. The summed E-state index contributed by atoms with van der Waals surface area (Å²) in [7, 11) is 0. The van der Waals surface area contributed by atoms with E-state index in [0.717, 1.165) is 12.6 Å². The third kappa shape index (κ3) is 2.17. The smallest absolute Gasteiger partial charge is 0.237 e. The van der Waals surface area contributed by atoms with Gasteiger partial charge in [-0.25, -0.2) is 9.13 Å². The Morgan fingerprint density at radius 2 is 2.07 bits per heavy atom. The molecule has 1 aromatic heterocycles. The average molecular weight is 193 g/mol. The molecular weight excluding hydrogens is 172 g/mol. The van der Waals surface area contributed by atoms with Gasteiger partial charge in [0.15, 0.2) is 0 Å². The SMILES string of the molecule is CCC[n+]1ccn(C2CCCCC2)c1. The van der Waals surface area contributed by atoms with Gasteiger partial charge in [0.05, 0.1) is 6.54 Å². The van der Waals surface area contributed by atoms with Gasteiger partial charge in [-0.15, -0.1) is 0 Å². The fourth-order valence-corrected chi connectivity index (χ4v) is 2.40. The highest BCUT2D eigenvalue weighted by Gasteiger charge is 2.19. The van der Waals surface area contributed by atoms with Crippen molar-refractivity contribution in [3.05, 3.63) is 18.7 Å². The van der Waals surface area contributed by atoms with Crippen molar-refractivity contribution in [3.8, 4) is 0 Å². The maximum Gasteiger partial charge on any atom is 0.243 e. The molecule has 0 amide bonds. The molecule has 78 valence electrons. The summed E-state index contributed by atoms with van der Waals surface area (Å²) in [5, 5.41) is 0. The molecule has 0 aliphatic heterocycles. The first-order valence-electron chi connectivity index (χ1n) is 5.96. The number of hydrogen-bond donors (Lipinski definition) is 0. The summed E-state index contributed by atoms with van der Waals surface area (Å²) >= 11 is 0. The minimum Gasteiger partial charge on any atom is -0.237 e. The molecule has 0 saturated heterocycles. The summed E-state index contributed by atoms with van der Waals surface area (Å²) in [6.07, 6.45) is 15.0. The number of aryl methyl sites for hydroxylation is 1. The molecule has 1 heterocycles. The van der Waals surface area contributed by atoms with Crippen LogP contribution in [-0.2, 0) is 6.54 Å². The maximum absolute atomic E-state index is 2.41. The molecule has 1 aromatic rings. The Hall–Kier alpha value is -0.790. The molecule has 14 heavy (non-hydrogen) atoms. The first-order valence-corrected chi connectivity index (χ1v) is 5.96. The maximum atomic E-state index is 2.41. The van der Waals surface area contributed by atoms with Crippen molar-refractivity contribution in [3.63, 3.8) is 0 Å². The lowest BCUT2D eigenvalue weighted by molar-refractivity contribution is -0.696. The molecule has 0 atom stereocenters. The Kier molecular flexibility index (Phi) is 3.22. The number of rotatable bonds is 3. The van der Waals surface area contributed by atoms with E-state index >= 15 is 0 Å². The van der Waals surface area contributed by atoms with Crippen LogP contribution in [0.5, 0.6) is 0 Å². The van der Waals surface area contributed by atoms with E-state index in [-0.39, 0.29) is 0 Å². The topological polar surface area (TPSA) is 8.81 Å². The lowest BCUT2D eigenvalue weighted by Gasteiger charge is -2.18. The van der Waals surface area contributed by atoms with Crippen LogP contribution in [0.1, 0.15) is 51.5 Å². The summed E-state index contributed by atoms with van der Waals surface area (Å²) in [6.45, 7) is 3.38. The van der Waals surface area contributed by atoms with E-state index in [1.807, 2.05) is 0 Å². The van der Waals surface area contributed by atoms with Gasteiger partial charge in [0, 0.05) is 0 Å². The number of hydrogen-bond acceptors (Lipinski definition) is 0. The number of nitrogens with zero attached hydrogens (tertiary/aromatic N) is 2. The van der Waals surface area contributed by atoms with Crippen LogP contribution >= 0.6 is 0 Å².